The summed E-state index contributed by atoms with van der Waals surface area (Å²) in [6.45, 7) is 0.228. The maximum atomic E-state index is 13.1. The van der Waals surface area contributed by atoms with Crippen LogP contribution in [-0.4, -0.2) is 49.3 Å². The minimum absolute atomic E-state index is 0.0376. The average molecular weight is 568 g/mol. The Morgan fingerprint density at radius 3 is 2.51 bits per heavy atom. The molecule has 10 nitrogen and oxygen atoms in total. The second-order valence-corrected chi connectivity index (χ2v) is 11.0. The summed E-state index contributed by atoms with van der Waals surface area (Å²) in [6, 6.07) is 10.2. The minimum Gasteiger partial charge on any atom is -0.405 e. The van der Waals surface area contributed by atoms with Gasteiger partial charge >= 0.3 is 6.36 Å². The van der Waals surface area contributed by atoms with Crippen LogP contribution >= 0.6 is 0 Å². The molecule has 3 aliphatic carbocycles. The third-order valence-corrected chi connectivity index (χ3v) is 8.33. The van der Waals surface area contributed by atoms with E-state index < -0.39 is 6.36 Å². The molecule has 1 aromatic carbocycles. The standard InChI is InChI=1S/C28H28F3N7O3/c29-28(30,31)40-22-4-2-1-3-20(22)25-21(26(41-36-25)15-5-6-15)14-39-19-11-16-7-8-17(12-19)24(16)33-23-10-9-18(13-32-23)27-34-37-38-35-27/h1-4,9-10,13,15-17,19,24H,5-8,11-12,14H2,(H,32,33)(H,34,35,37,38). The van der Waals surface area contributed by atoms with Gasteiger partial charge in [0, 0.05) is 34.8 Å². The number of pyridine rings is 1. The number of aromatic amines is 1. The van der Waals surface area contributed by atoms with Crippen LogP contribution in [0.25, 0.3) is 22.6 Å². The highest BCUT2D eigenvalue weighted by molar-refractivity contribution is 5.70. The summed E-state index contributed by atoms with van der Waals surface area (Å²) in [4.78, 5) is 4.55. The molecule has 3 aliphatic rings. The maximum Gasteiger partial charge on any atom is 0.573 e. The number of fused-ring (bicyclic) bond motifs is 2. The molecule has 13 heteroatoms. The fourth-order valence-electron chi connectivity index (χ4n) is 6.33. The molecule has 2 atom stereocenters. The molecular formula is C28H28F3N7O3. The summed E-state index contributed by atoms with van der Waals surface area (Å²) >= 11 is 0. The van der Waals surface area contributed by atoms with Crippen molar-refractivity contribution in [3.63, 3.8) is 0 Å². The zero-order valence-corrected chi connectivity index (χ0v) is 22.0. The van der Waals surface area contributed by atoms with E-state index in [1.165, 1.54) is 12.1 Å². The Labute approximate surface area is 233 Å². The van der Waals surface area contributed by atoms with E-state index in [1.807, 2.05) is 12.1 Å². The molecule has 41 heavy (non-hydrogen) atoms. The smallest absolute Gasteiger partial charge is 0.405 e. The molecule has 2 unspecified atom stereocenters. The lowest BCUT2D eigenvalue weighted by Gasteiger charge is -2.36. The molecule has 0 saturated heterocycles. The monoisotopic (exact) mass is 567 g/mol. The number of hydrogen-bond acceptors (Lipinski definition) is 9. The number of halogens is 3. The van der Waals surface area contributed by atoms with E-state index >= 15 is 0 Å². The van der Waals surface area contributed by atoms with Gasteiger partial charge in [-0.1, -0.05) is 17.3 Å². The minimum atomic E-state index is -4.81. The van der Waals surface area contributed by atoms with Gasteiger partial charge in [0.1, 0.15) is 23.0 Å². The van der Waals surface area contributed by atoms with Crippen molar-refractivity contribution < 1.29 is 27.2 Å². The number of tetrazole rings is 1. The molecule has 0 amide bonds. The third kappa shape index (κ3) is 5.50. The van der Waals surface area contributed by atoms with Crippen LogP contribution in [0.4, 0.5) is 19.0 Å². The van der Waals surface area contributed by atoms with Crippen molar-refractivity contribution in [2.45, 2.75) is 69.6 Å². The second kappa shape index (κ2) is 10.4. The first-order chi connectivity index (χ1) is 19.9. The Balaban J connectivity index is 1.03. The van der Waals surface area contributed by atoms with Crippen LogP contribution < -0.4 is 10.1 Å². The first-order valence-electron chi connectivity index (χ1n) is 13.8. The lowest BCUT2D eigenvalue weighted by atomic mass is 9.82. The molecule has 3 heterocycles. The molecule has 0 spiro atoms. The highest BCUT2D eigenvalue weighted by Crippen LogP contribution is 2.47. The van der Waals surface area contributed by atoms with Crippen LogP contribution in [0.1, 0.15) is 55.8 Å². The number of benzene rings is 1. The van der Waals surface area contributed by atoms with Gasteiger partial charge in [-0.2, -0.15) is 5.21 Å². The average Bonchev–Trinajstić information content (AvgIpc) is 3.37. The van der Waals surface area contributed by atoms with Gasteiger partial charge in [0.15, 0.2) is 0 Å². The van der Waals surface area contributed by atoms with Gasteiger partial charge < -0.3 is 19.3 Å². The fraction of sp³-hybridized carbons (Fsp3) is 0.464. The molecule has 214 valence electrons. The molecule has 2 N–H and O–H groups in total. The van der Waals surface area contributed by atoms with Gasteiger partial charge in [0.05, 0.1) is 12.7 Å². The van der Waals surface area contributed by atoms with E-state index in [2.05, 4.69) is 40.8 Å². The van der Waals surface area contributed by atoms with Crippen LogP contribution in [0.15, 0.2) is 47.1 Å². The lowest BCUT2D eigenvalue weighted by Crippen LogP contribution is -2.39. The van der Waals surface area contributed by atoms with E-state index in [1.54, 1.807) is 18.3 Å². The topological polar surface area (TPSA) is 124 Å². The molecule has 3 aromatic heterocycles. The van der Waals surface area contributed by atoms with Crippen molar-refractivity contribution in [3.05, 3.63) is 53.9 Å². The van der Waals surface area contributed by atoms with Gasteiger partial charge in [-0.3, -0.25) is 0 Å². The maximum absolute atomic E-state index is 13.1. The molecule has 7 rings (SSSR count). The molecule has 0 radical (unpaired) electrons. The van der Waals surface area contributed by atoms with Crippen LogP contribution in [0.2, 0.25) is 0 Å². The number of nitrogens with one attached hydrogen (secondary N) is 2. The second-order valence-electron chi connectivity index (χ2n) is 11.0. The van der Waals surface area contributed by atoms with Crippen LogP contribution in [0, 0.1) is 11.8 Å². The summed E-state index contributed by atoms with van der Waals surface area (Å²) in [7, 11) is 0. The van der Waals surface area contributed by atoms with Crippen molar-refractivity contribution in [3.8, 4) is 28.4 Å². The predicted octanol–water partition coefficient (Wildman–Crippen LogP) is 5.88. The number of para-hydroxylation sites is 1. The van der Waals surface area contributed by atoms with E-state index in [-0.39, 0.29) is 29.9 Å². The lowest BCUT2D eigenvalue weighted by molar-refractivity contribution is -0.274. The van der Waals surface area contributed by atoms with Gasteiger partial charge in [0.25, 0.3) is 0 Å². The van der Waals surface area contributed by atoms with Crippen LogP contribution in [0.5, 0.6) is 5.75 Å². The number of aromatic nitrogens is 6. The number of alkyl halides is 3. The van der Waals surface area contributed by atoms with Gasteiger partial charge in [-0.05, 0) is 79.8 Å². The molecule has 3 fully saturated rings. The molecule has 2 bridgehead atoms. The Bertz CT molecular complexity index is 1470. The summed E-state index contributed by atoms with van der Waals surface area (Å²) in [5.41, 5.74) is 2.09. The van der Waals surface area contributed by atoms with Crippen molar-refractivity contribution in [1.29, 1.82) is 0 Å². The van der Waals surface area contributed by atoms with Crippen molar-refractivity contribution in [2.24, 2.45) is 11.8 Å². The third-order valence-electron chi connectivity index (χ3n) is 8.33. The Hall–Kier alpha value is -4.00. The fourth-order valence-corrected chi connectivity index (χ4v) is 6.33. The number of nitrogens with zero attached hydrogens (tertiary/aromatic N) is 5. The van der Waals surface area contributed by atoms with E-state index in [9.17, 15) is 13.2 Å². The first-order valence-corrected chi connectivity index (χ1v) is 13.8. The highest BCUT2D eigenvalue weighted by Gasteiger charge is 2.44. The molecular weight excluding hydrogens is 539 g/mol. The predicted molar refractivity (Wildman–Crippen MR) is 139 cm³/mol. The Morgan fingerprint density at radius 1 is 1.02 bits per heavy atom. The quantitative estimate of drug-likeness (QED) is 0.255. The van der Waals surface area contributed by atoms with Gasteiger partial charge in [-0.15, -0.1) is 23.4 Å². The Kier molecular flexibility index (Phi) is 6.60. The van der Waals surface area contributed by atoms with Crippen molar-refractivity contribution in [2.75, 3.05) is 5.32 Å². The number of hydrogen-bond donors (Lipinski definition) is 2. The summed E-state index contributed by atoms with van der Waals surface area (Å²) in [5, 5.41) is 21.8. The highest BCUT2D eigenvalue weighted by atomic mass is 19.4. The zero-order valence-electron chi connectivity index (χ0n) is 22.0. The van der Waals surface area contributed by atoms with Crippen molar-refractivity contribution in [1.82, 2.24) is 30.8 Å². The number of rotatable bonds is 9. The van der Waals surface area contributed by atoms with Gasteiger partial charge in [0.2, 0.25) is 5.82 Å². The summed E-state index contributed by atoms with van der Waals surface area (Å²) in [5.74, 6) is 2.79. The zero-order chi connectivity index (χ0) is 28.0. The number of H-pyrrole nitrogens is 1. The summed E-state index contributed by atoms with van der Waals surface area (Å²) < 4.78 is 55.7. The van der Waals surface area contributed by atoms with Crippen LogP contribution in [-0.2, 0) is 11.3 Å². The normalized spacial score (nSPS) is 24.0. The number of anilines is 1. The van der Waals surface area contributed by atoms with E-state index in [0.29, 0.717) is 40.7 Å². The largest absolute Gasteiger partial charge is 0.573 e. The number of ether oxygens (including phenoxy) is 2. The van der Waals surface area contributed by atoms with E-state index in [0.717, 1.165) is 49.9 Å². The molecule has 0 aliphatic heterocycles. The molecule has 4 aromatic rings. The summed E-state index contributed by atoms with van der Waals surface area (Å²) in [6.07, 6.45) is 2.89. The van der Waals surface area contributed by atoms with Crippen molar-refractivity contribution >= 4 is 5.82 Å². The molecule has 3 saturated carbocycles. The van der Waals surface area contributed by atoms with Crippen LogP contribution in [0.3, 0.4) is 0 Å². The van der Waals surface area contributed by atoms with Gasteiger partial charge in [-0.25, -0.2) is 4.98 Å². The Morgan fingerprint density at radius 2 is 1.83 bits per heavy atom. The van der Waals surface area contributed by atoms with E-state index in [4.69, 9.17) is 9.26 Å². The first kappa shape index (κ1) is 25.9. The SMILES string of the molecule is FC(F)(F)Oc1ccccc1-c1noc(C2CC2)c1COC1CC2CCC(C1)C2Nc1ccc(-c2nn[nH]n2)cn1.